The average molecular weight is 373 g/mol. The molecule has 5 heteroatoms. The summed E-state index contributed by atoms with van der Waals surface area (Å²) in [7, 11) is 0. The third-order valence-corrected chi connectivity index (χ3v) is 3.92. The molecule has 2 aromatic rings. The molecule has 0 spiro atoms. The molecule has 20 heavy (non-hydrogen) atoms. The maximum atomic E-state index is 12.3. The topological polar surface area (TPSA) is 29.1 Å². The molecule has 1 N–H and O–H groups in total. The predicted octanol–water partition coefficient (Wildman–Crippen LogP) is 5.63. The van der Waals surface area contributed by atoms with Gasteiger partial charge in [-0.25, -0.2) is 0 Å². The maximum absolute atomic E-state index is 12.3. The Morgan fingerprint density at radius 3 is 2.25 bits per heavy atom. The zero-order valence-corrected chi connectivity index (χ0v) is 14.0. The van der Waals surface area contributed by atoms with Crippen LogP contribution in [0.2, 0.25) is 10.0 Å². The summed E-state index contributed by atoms with van der Waals surface area (Å²) in [5, 5.41) is 3.73. The van der Waals surface area contributed by atoms with Crippen LogP contribution >= 0.6 is 39.1 Å². The third-order valence-electron chi connectivity index (χ3n) is 2.91. The number of carbonyl (C=O) groups excluding carboxylic acids is 1. The molecule has 0 atom stereocenters. The van der Waals surface area contributed by atoms with Crippen molar-refractivity contribution in [2.45, 2.75) is 13.8 Å². The highest BCUT2D eigenvalue weighted by Crippen LogP contribution is 2.27. The minimum atomic E-state index is -0.250. The van der Waals surface area contributed by atoms with Gasteiger partial charge in [-0.05, 0) is 55.3 Å². The van der Waals surface area contributed by atoms with Crippen LogP contribution in [0, 0.1) is 13.8 Å². The summed E-state index contributed by atoms with van der Waals surface area (Å²) >= 11 is 15.3. The van der Waals surface area contributed by atoms with Crippen LogP contribution in [0.25, 0.3) is 0 Å². The second kappa shape index (κ2) is 6.17. The van der Waals surface area contributed by atoms with Crippen molar-refractivity contribution < 1.29 is 4.79 Å². The molecule has 104 valence electrons. The summed E-state index contributed by atoms with van der Waals surface area (Å²) < 4.78 is 0.982. The minimum absolute atomic E-state index is 0.250. The van der Waals surface area contributed by atoms with E-state index in [9.17, 15) is 4.79 Å². The van der Waals surface area contributed by atoms with Crippen molar-refractivity contribution in [3.05, 3.63) is 61.5 Å². The van der Waals surface area contributed by atoms with Crippen LogP contribution in [0.5, 0.6) is 0 Å². The Kier molecular flexibility index (Phi) is 4.74. The molecular formula is C15H12BrCl2NO. The number of hydrogen-bond acceptors (Lipinski definition) is 1. The molecule has 0 saturated heterocycles. The first-order valence-electron chi connectivity index (χ1n) is 5.91. The van der Waals surface area contributed by atoms with Gasteiger partial charge in [0.2, 0.25) is 0 Å². The molecule has 1 amide bonds. The zero-order chi connectivity index (χ0) is 14.9. The van der Waals surface area contributed by atoms with E-state index in [-0.39, 0.29) is 5.91 Å². The summed E-state index contributed by atoms with van der Waals surface area (Å²) in [6.45, 7) is 3.88. The number of nitrogens with one attached hydrogen (secondary N) is 1. The van der Waals surface area contributed by atoms with Gasteiger partial charge < -0.3 is 5.32 Å². The normalized spacial score (nSPS) is 10.4. The number of carbonyl (C=O) groups is 1. The Morgan fingerprint density at radius 1 is 1.10 bits per heavy atom. The van der Waals surface area contributed by atoms with Gasteiger partial charge in [0.25, 0.3) is 5.91 Å². The van der Waals surface area contributed by atoms with Crippen LogP contribution in [0.4, 0.5) is 5.69 Å². The van der Waals surface area contributed by atoms with Crippen LogP contribution in [-0.4, -0.2) is 5.91 Å². The predicted molar refractivity (Wildman–Crippen MR) is 88.0 cm³/mol. The summed E-state index contributed by atoms with van der Waals surface area (Å²) in [5.41, 5.74) is 3.16. The highest BCUT2D eigenvalue weighted by molar-refractivity contribution is 9.10. The van der Waals surface area contributed by atoms with Crippen LogP contribution in [-0.2, 0) is 0 Å². The molecule has 0 fully saturated rings. The molecule has 0 aliphatic heterocycles. The van der Waals surface area contributed by atoms with E-state index in [0.29, 0.717) is 15.6 Å². The number of hydrogen-bond donors (Lipinski definition) is 1. The van der Waals surface area contributed by atoms with Crippen LogP contribution in [0.1, 0.15) is 21.5 Å². The molecule has 2 nitrogen and oxygen atoms in total. The van der Waals surface area contributed by atoms with Gasteiger partial charge in [0.15, 0.2) is 0 Å². The van der Waals surface area contributed by atoms with Crippen molar-refractivity contribution in [2.75, 3.05) is 5.32 Å². The van der Waals surface area contributed by atoms with Crippen molar-refractivity contribution in [1.29, 1.82) is 0 Å². The molecule has 2 rings (SSSR count). The minimum Gasteiger partial charge on any atom is -0.321 e. The maximum Gasteiger partial charge on any atom is 0.257 e. The second-order valence-electron chi connectivity index (χ2n) is 4.49. The Bertz CT molecular complexity index is 663. The lowest BCUT2D eigenvalue weighted by Gasteiger charge is -2.13. The van der Waals surface area contributed by atoms with E-state index < -0.39 is 0 Å². The van der Waals surface area contributed by atoms with E-state index in [1.54, 1.807) is 18.2 Å². The SMILES string of the molecule is Cc1cc(Br)cc(C)c1NC(=O)c1ccc(Cl)cc1Cl. The van der Waals surface area contributed by atoms with Gasteiger partial charge in [-0.2, -0.15) is 0 Å². The first kappa shape index (κ1) is 15.4. The van der Waals surface area contributed by atoms with Gasteiger partial charge in [0, 0.05) is 15.2 Å². The molecule has 0 unspecified atom stereocenters. The number of benzene rings is 2. The van der Waals surface area contributed by atoms with Crippen LogP contribution in [0.3, 0.4) is 0 Å². The fourth-order valence-corrected chi connectivity index (χ4v) is 3.14. The summed E-state index contributed by atoms with van der Waals surface area (Å²) in [4.78, 5) is 12.3. The Labute approximate surface area is 136 Å². The summed E-state index contributed by atoms with van der Waals surface area (Å²) in [5.74, 6) is -0.250. The average Bonchev–Trinajstić information content (AvgIpc) is 2.33. The van der Waals surface area contributed by atoms with Crippen LogP contribution in [0.15, 0.2) is 34.8 Å². The number of aryl methyl sites for hydroxylation is 2. The monoisotopic (exact) mass is 371 g/mol. The molecule has 2 aromatic carbocycles. The number of anilines is 1. The molecule has 0 heterocycles. The molecule has 0 aliphatic carbocycles. The quantitative estimate of drug-likeness (QED) is 0.727. The van der Waals surface area contributed by atoms with Crippen LogP contribution < -0.4 is 5.32 Å². The molecule has 0 bridgehead atoms. The van der Waals surface area contributed by atoms with Crippen molar-refractivity contribution >= 4 is 50.7 Å². The van der Waals surface area contributed by atoms with E-state index in [4.69, 9.17) is 23.2 Å². The standard InChI is InChI=1S/C15H12BrCl2NO/c1-8-5-10(16)6-9(2)14(8)19-15(20)12-4-3-11(17)7-13(12)18/h3-7H,1-2H3,(H,19,20). The lowest BCUT2D eigenvalue weighted by atomic mass is 10.1. The fourth-order valence-electron chi connectivity index (χ4n) is 1.96. The lowest BCUT2D eigenvalue weighted by Crippen LogP contribution is -2.14. The Morgan fingerprint density at radius 2 is 1.70 bits per heavy atom. The highest BCUT2D eigenvalue weighted by Gasteiger charge is 2.13. The number of rotatable bonds is 2. The molecule has 0 radical (unpaired) electrons. The van der Waals surface area contributed by atoms with Crippen molar-refractivity contribution in [3.63, 3.8) is 0 Å². The van der Waals surface area contributed by atoms with Gasteiger partial charge in [0.1, 0.15) is 0 Å². The van der Waals surface area contributed by atoms with E-state index in [1.807, 2.05) is 26.0 Å². The Balaban J connectivity index is 2.33. The largest absolute Gasteiger partial charge is 0.321 e. The molecule has 0 aromatic heterocycles. The fraction of sp³-hybridized carbons (Fsp3) is 0.133. The van der Waals surface area contributed by atoms with Crippen molar-refractivity contribution in [2.24, 2.45) is 0 Å². The van der Waals surface area contributed by atoms with Crippen molar-refractivity contribution in [1.82, 2.24) is 0 Å². The second-order valence-corrected chi connectivity index (χ2v) is 6.25. The molecule has 0 saturated carbocycles. The Hall–Kier alpha value is -1.03. The zero-order valence-electron chi connectivity index (χ0n) is 10.9. The number of halogens is 3. The van der Waals surface area contributed by atoms with Gasteiger partial charge in [-0.1, -0.05) is 39.1 Å². The van der Waals surface area contributed by atoms with Gasteiger partial charge in [0.05, 0.1) is 10.6 Å². The van der Waals surface area contributed by atoms with E-state index in [2.05, 4.69) is 21.2 Å². The molecular weight excluding hydrogens is 361 g/mol. The van der Waals surface area contributed by atoms with E-state index in [1.165, 1.54) is 0 Å². The van der Waals surface area contributed by atoms with Gasteiger partial charge in [-0.15, -0.1) is 0 Å². The smallest absolute Gasteiger partial charge is 0.257 e. The number of amides is 1. The van der Waals surface area contributed by atoms with E-state index in [0.717, 1.165) is 21.3 Å². The van der Waals surface area contributed by atoms with Crippen molar-refractivity contribution in [3.8, 4) is 0 Å². The summed E-state index contributed by atoms with van der Waals surface area (Å²) in [6, 6.07) is 8.71. The van der Waals surface area contributed by atoms with E-state index >= 15 is 0 Å². The highest BCUT2D eigenvalue weighted by atomic mass is 79.9. The molecule has 0 aliphatic rings. The first-order chi connectivity index (χ1) is 9.38. The lowest BCUT2D eigenvalue weighted by molar-refractivity contribution is 0.102. The van der Waals surface area contributed by atoms with Gasteiger partial charge >= 0.3 is 0 Å². The third kappa shape index (κ3) is 3.35. The van der Waals surface area contributed by atoms with Gasteiger partial charge in [-0.3, -0.25) is 4.79 Å². The summed E-state index contributed by atoms with van der Waals surface area (Å²) in [6.07, 6.45) is 0. The first-order valence-corrected chi connectivity index (χ1v) is 7.46.